The Kier molecular flexibility index (Phi) is 6.70. The number of nitrogens with one attached hydrogen (secondary N) is 2. The number of non-ortho nitro benzene ring substituents is 1. The highest BCUT2D eigenvalue weighted by atomic mass is 79.9. The number of hydrazone groups is 1. The van der Waals surface area contributed by atoms with Crippen LogP contribution < -0.4 is 10.1 Å². The molecule has 0 fully saturated rings. The second-order valence-corrected chi connectivity index (χ2v) is 8.83. The molecule has 0 atom stereocenters. The second kappa shape index (κ2) is 9.24. The van der Waals surface area contributed by atoms with Gasteiger partial charge in [0.05, 0.1) is 27.5 Å². The lowest BCUT2D eigenvalue weighted by Gasteiger charge is -2.13. The Balaban J connectivity index is 1.97. The van der Waals surface area contributed by atoms with Crippen molar-refractivity contribution in [3.05, 3.63) is 91.9 Å². The van der Waals surface area contributed by atoms with Crippen molar-refractivity contribution in [2.45, 2.75) is 4.90 Å². The van der Waals surface area contributed by atoms with Gasteiger partial charge >= 0.3 is 0 Å². The number of anilines is 2. The number of hydrogen-bond acceptors (Lipinski definition) is 6. The monoisotopic (exact) mass is 508 g/mol. The minimum atomic E-state index is -4.21. The normalized spacial score (nSPS) is 11.4. The van der Waals surface area contributed by atoms with Crippen molar-refractivity contribution in [2.75, 3.05) is 10.1 Å². The maximum Gasteiger partial charge on any atom is 0.270 e. The number of benzene rings is 3. The average molecular weight is 510 g/mol. The largest absolute Gasteiger partial charge is 0.278 e. The minimum absolute atomic E-state index is 0.0588. The van der Waals surface area contributed by atoms with E-state index in [9.17, 15) is 18.5 Å². The maximum absolute atomic E-state index is 12.9. The molecule has 11 heteroatoms. The van der Waals surface area contributed by atoms with Crippen LogP contribution in [0.25, 0.3) is 0 Å². The zero-order chi connectivity index (χ0) is 21.7. The molecule has 2 N–H and O–H groups in total. The van der Waals surface area contributed by atoms with Gasteiger partial charge in [-0.3, -0.25) is 20.3 Å². The third-order valence-corrected chi connectivity index (χ3v) is 6.33. The van der Waals surface area contributed by atoms with Gasteiger partial charge in [0.25, 0.3) is 15.7 Å². The quantitative estimate of drug-likeness (QED) is 0.256. The SMILES string of the molecule is O=[N+]([O-])c1ccc(N/N=C\c2ccccc2Br)c(S(=O)(=O)Nc2ccccc2Cl)c1. The van der Waals surface area contributed by atoms with E-state index in [0.29, 0.717) is 0 Å². The molecule has 3 aromatic rings. The summed E-state index contributed by atoms with van der Waals surface area (Å²) in [6, 6.07) is 17.0. The molecule has 154 valence electrons. The van der Waals surface area contributed by atoms with Gasteiger partial charge in [0, 0.05) is 22.2 Å². The zero-order valence-electron chi connectivity index (χ0n) is 15.1. The van der Waals surface area contributed by atoms with Crippen LogP contribution in [0.2, 0.25) is 5.02 Å². The van der Waals surface area contributed by atoms with Crippen molar-refractivity contribution in [2.24, 2.45) is 5.10 Å². The standard InChI is InChI=1S/C19H14BrClN4O4S/c20-15-6-2-1-5-13(15)12-22-23-18-10-9-14(25(26)27)11-19(18)30(28,29)24-17-8-4-3-7-16(17)21/h1-12,23-24H/b22-12-. The third-order valence-electron chi connectivity index (χ3n) is 3.88. The summed E-state index contributed by atoms with van der Waals surface area (Å²) in [6.45, 7) is 0. The van der Waals surface area contributed by atoms with Crippen LogP contribution in [0.15, 0.2) is 81.2 Å². The lowest BCUT2D eigenvalue weighted by Crippen LogP contribution is -2.15. The van der Waals surface area contributed by atoms with Gasteiger partial charge in [0.2, 0.25) is 0 Å². The van der Waals surface area contributed by atoms with E-state index in [0.717, 1.165) is 16.1 Å². The fourth-order valence-electron chi connectivity index (χ4n) is 2.43. The van der Waals surface area contributed by atoms with Gasteiger partial charge in [-0.2, -0.15) is 5.10 Å². The first-order chi connectivity index (χ1) is 14.3. The Morgan fingerprint density at radius 1 is 1.03 bits per heavy atom. The van der Waals surface area contributed by atoms with Gasteiger partial charge in [-0.1, -0.05) is 57.9 Å². The Morgan fingerprint density at radius 2 is 1.73 bits per heavy atom. The minimum Gasteiger partial charge on any atom is -0.278 e. The number of hydrogen-bond donors (Lipinski definition) is 2. The molecule has 0 heterocycles. The summed E-state index contributed by atoms with van der Waals surface area (Å²) in [5, 5.41) is 15.4. The van der Waals surface area contributed by atoms with Gasteiger partial charge < -0.3 is 0 Å². The van der Waals surface area contributed by atoms with E-state index >= 15 is 0 Å². The molecule has 0 saturated heterocycles. The Bertz CT molecular complexity index is 1230. The van der Waals surface area contributed by atoms with E-state index < -0.39 is 14.9 Å². The molecule has 0 amide bonds. The number of nitro groups is 1. The summed E-state index contributed by atoms with van der Waals surface area (Å²) in [6.07, 6.45) is 1.49. The number of nitro benzene ring substituents is 1. The Hall–Kier alpha value is -2.95. The second-order valence-electron chi connectivity index (χ2n) is 5.91. The van der Waals surface area contributed by atoms with Crippen molar-refractivity contribution < 1.29 is 13.3 Å². The Labute approximate surface area is 185 Å². The van der Waals surface area contributed by atoms with Crippen LogP contribution in [0.1, 0.15) is 5.56 Å². The lowest BCUT2D eigenvalue weighted by atomic mass is 10.2. The number of nitrogens with zero attached hydrogens (tertiary/aromatic N) is 2. The summed E-state index contributed by atoms with van der Waals surface area (Å²) in [5.41, 5.74) is 3.22. The number of para-hydroxylation sites is 1. The summed E-state index contributed by atoms with van der Waals surface area (Å²) in [4.78, 5) is 10.1. The smallest absolute Gasteiger partial charge is 0.270 e. The van der Waals surface area contributed by atoms with Gasteiger partial charge in [-0.05, 0) is 24.3 Å². The molecule has 0 unspecified atom stereocenters. The fraction of sp³-hybridized carbons (Fsp3) is 0. The number of sulfonamides is 1. The molecule has 8 nitrogen and oxygen atoms in total. The van der Waals surface area contributed by atoms with Crippen molar-refractivity contribution in [3.8, 4) is 0 Å². The van der Waals surface area contributed by atoms with Gasteiger partial charge in [0.1, 0.15) is 4.90 Å². The molecule has 0 spiro atoms. The van der Waals surface area contributed by atoms with Crippen molar-refractivity contribution in [1.82, 2.24) is 0 Å². The summed E-state index contributed by atoms with van der Waals surface area (Å²) in [5.74, 6) is 0. The maximum atomic E-state index is 12.9. The van der Waals surface area contributed by atoms with Gasteiger partial charge in [0.15, 0.2) is 0 Å². The molecular weight excluding hydrogens is 496 g/mol. The average Bonchev–Trinajstić information content (AvgIpc) is 2.71. The Morgan fingerprint density at radius 3 is 2.43 bits per heavy atom. The van der Waals surface area contributed by atoms with Crippen molar-refractivity contribution >= 4 is 60.8 Å². The molecule has 30 heavy (non-hydrogen) atoms. The molecular formula is C19H14BrClN4O4S. The molecule has 0 aromatic heterocycles. The van der Waals surface area contributed by atoms with Crippen LogP contribution >= 0.6 is 27.5 Å². The molecule has 0 radical (unpaired) electrons. The molecule has 3 rings (SSSR count). The third kappa shape index (κ3) is 5.15. The zero-order valence-corrected chi connectivity index (χ0v) is 18.3. The first kappa shape index (κ1) is 21.8. The molecule has 0 bridgehead atoms. The molecule has 0 aliphatic heterocycles. The van der Waals surface area contributed by atoms with E-state index in [4.69, 9.17) is 11.6 Å². The van der Waals surface area contributed by atoms with Crippen LogP contribution in [0.4, 0.5) is 17.1 Å². The van der Waals surface area contributed by atoms with Crippen LogP contribution in [-0.2, 0) is 10.0 Å². The highest BCUT2D eigenvalue weighted by molar-refractivity contribution is 9.10. The predicted octanol–water partition coefficient (Wildman–Crippen LogP) is 5.26. The van der Waals surface area contributed by atoms with E-state index in [2.05, 4.69) is 31.2 Å². The summed E-state index contributed by atoms with van der Waals surface area (Å²) >= 11 is 9.41. The van der Waals surface area contributed by atoms with Crippen LogP contribution in [0.3, 0.4) is 0 Å². The molecule has 0 aliphatic rings. The highest BCUT2D eigenvalue weighted by Crippen LogP contribution is 2.30. The first-order valence-electron chi connectivity index (χ1n) is 8.37. The molecule has 0 aliphatic carbocycles. The van der Waals surface area contributed by atoms with Crippen molar-refractivity contribution in [3.63, 3.8) is 0 Å². The van der Waals surface area contributed by atoms with Crippen LogP contribution in [0, 0.1) is 10.1 Å². The van der Waals surface area contributed by atoms with E-state index in [1.165, 1.54) is 30.5 Å². The van der Waals surface area contributed by atoms with E-state index in [1.807, 2.05) is 24.3 Å². The van der Waals surface area contributed by atoms with Crippen molar-refractivity contribution in [1.29, 1.82) is 0 Å². The fourth-order valence-corrected chi connectivity index (χ4v) is 4.32. The highest BCUT2D eigenvalue weighted by Gasteiger charge is 2.23. The van der Waals surface area contributed by atoms with Crippen LogP contribution in [0.5, 0.6) is 0 Å². The van der Waals surface area contributed by atoms with Crippen LogP contribution in [-0.4, -0.2) is 19.6 Å². The molecule has 3 aromatic carbocycles. The van der Waals surface area contributed by atoms with Gasteiger partial charge in [-0.25, -0.2) is 8.42 Å². The first-order valence-corrected chi connectivity index (χ1v) is 11.0. The van der Waals surface area contributed by atoms with E-state index in [-0.39, 0.29) is 27.0 Å². The predicted molar refractivity (Wildman–Crippen MR) is 121 cm³/mol. The topological polar surface area (TPSA) is 114 Å². The van der Waals surface area contributed by atoms with E-state index in [1.54, 1.807) is 12.1 Å². The lowest BCUT2D eigenvalue weighted by molar-refractivity contribution is -0.385. The van der Waals surface area contributed by atoms with Gasteiger partial charge in [-0.15, -0.1) is 0 Å². The summed E-state index contributed by atoms with van der Waals surface area (Å²) < 4.78 is 29.0. The number of halogens is 2. The summed E-state index contributed by atoms with van der Waals surface area (Å²) in [7, 11) is -4.21. The molecule has 0 saturated carbocycles. The number of rotatable bonds is 7.